The monoisotopic (exact) mass is 837 g/mol. The number of nitrogens with zero attached hydrogens (tertiary/aromatic N) is 4. The Balaban J connectivity index is 0.902. The van der Waals surface area contributed by atoms with Crippen LogP contribution in [0.3, 0.4) is 0 Å². The first-order chi connectivity index (χ1) is 30.2. The second-order valence-electron chi connectivity index (χ2n) is 17.3. The van der Waals surface area contributed by atoms with Gasteiger partial charge in [0.25, 0.3) is 0 Å². The number of nitrogens with one attached hydrogen (secondary N) is 3. The number of piperidine rings is 1. The van der Waals surface area contributed by atoms with Crippen LogP contribution >= 0.6 is 0 Å². The SMILES string of the molecule is COC[C@H]1C[C@@H](c2nc3c(ccc4cc5c(cc43)OCc3cc(-c4cnc([C@@H]6CC7CC7N6C(=O)C[C@@H](C)OC)[nH]4)ccc3-5)[nH]2)N(CC(=O)[C@H](NC(=O)OC)c2ccccc2)C1. The highest BCUT2D eigenvalue weighted by atomic mass is 16.5. The van der Waals surface area contributed by atoms with Gasteiger partial charge in [0.1, 0.15) is 30.0 Å². The number of ketones is 1. The predicted molar refractivity (Wildman–Crippen MR) is 232 cm³/mol. The van der Waals surface area contributed by atoms with Gasteiger partial charge in [-0.05, 0) is 89.9 Å². The van der Waals surface area contributed by atoms with Gasteiger partial charge in [-0.2, -0.15) is 0 Å². The summed E-state index contributed by atoms with van der Waals surface area (Å²) in [6, 6.07) is 23.3. The number of likely N-dealkylation sites (tertiary alicyclic amines) is 2. The van der Waals surface area contributed by atoms with Crippen LogP contribution in [0.1, 0.15) is 73.5 Å². The van der Waals surface area contributed by atoms with Gasteiger partial charge in [-0.25, -0.2) is 14.8 Å². The number of amides is 2. The number of imidazole rings is 2. The number of Topliss-reactive ketones (excluding diaryl/α,β-unsaturated/α-hetero) is 1. The molecule has 14 heteroatoms. The Labute approximate surface area is 359 Å². The molecule has 3 fully saturated rings. The van der Waals surface area contributed by atoms with Gasteiger partial charge in [-0.3, -0.25) is 14.5 Å². The zero-order chi connectivity index (χ0) is 42.6. The minimum absolute atomic E-state index is 0.0503. The average Bonchev–Trinajstić information content (AvgIpc) is 3.74. The number of rotatable bonds is 13. The Hall–Kier alpha value is -6.09. The number of carbonyl (C=O) groups is 3. The molecule has 2 amide bonds. The minimum Gasteiger partial charge on any atom is -0.488 e. The molecule has 1 aliphatic carbocycles. The standard InChI is InChI=1S/C48H51N7O7/c1-26(60-3)14-43(57)55-38-18-31(38)19-40(55)46-49-21-37(51-46)30-10-12-33-32(16-30)25-62-42-20-34-29(17-35(33)42)11-13-36-45(34)52-47(50-36)39-15-27(24-59-2)22-54(39)23-41(56)44(53-48(58)61-4)28-8-6-5-7-9-28/h5-13,16-17,20-21,26-27,31,38-40,44H,14-15,18-19,22-25H2,1-4H3,(H,49,51)(H,50,52)(H,53,58)/t26-,27+,31?,38?,39+,40+,44-/m1/s1. The number of alkyl carbamates (subject to hydrolysis) is 1. The summed E-state index contributed by atoms with van der Waals surface area (Å²) in [6.07, 6.45) is 4.21. The number of fused-ring (bicyclic) bond motifs is 7. The third-order valence-electron chi connectivity index (χ3n) is 13.3. The lowest BCUT2D eigenvalue weighted by Crippen LogP contribution is -2.40. The molecular formula is C48H51N7O7. The Bertz CT molecular complexity index is 2680. The predicted octanol–water partition coefficient (Wildman–Crippen LogP) is 7.43. The van der Waals surface area contributed by atoms with Gasteiger partial charge in [0.05, 0.1) is 67.8 Å². The molecule has 3 N–H and O–H groups in total. The van der Waals surface area contributed by atoms with Gasteiger partial charge in [0, 0.05) is 37.8 Å². The highest BCUT2D eigenvalue weighted by molar-refractivity contribution is 6.07. The Morgan fingerprint density at radius 3 is 2.60 bits per heavy atom. The molecule has 3 aliphatic heterocycles. The maximum absolute atomic E-state index is 14.0. The van der Waals surface area contributed by atoms with Crippen molar-refractivity contribution in [2.45, 2.75) is 69.5 Å². The van der Waals surface area contributed by atoms with E-state index in [1.54, 1.807) is 14.2 Å². The number of hydrogen-bond donors (Lipinski definition) is 3. The lowest BCUT2D eigenvalue weighted by atomic mass is 9.92. The normalized spacial score (nSPS) is 22.5. The lowest BCUT2D eigenvalue weighted by Gasteiger charge is -2.27. The topological polar surface area (TPSA) is 164 Å². The Morgan fingerprint density at radius 2 is 1.79 bits per heavy atom. The summed E-state index contributed by atoms with van der Waals surface area (Å²) in [5, 5.41) is 4.75. The van der Waals surface area contributed by atoms with Gasteiger partial charge in [-0.1, -0.05) is 48.5 Å². The molecule has 4 aliphatic rings. The van der Waals surface area contributed by atoms with Crippen molar-refractivity contribution in [3.63, 3.8) is 0 Å². The van der Waals surface area contributed by atoms with E-state index in [9.17, 15) is 14.4 Å². The average molecular weight is 838 g/mol. The fourth-order valence-corrected chi connectivity index (χ4v) is 10.1. The van der Waals surface area contributed by atoms with Crippen LogP contribution in [0.25, 0.3) is 44.2 Å². The summed E-state index contributed by atoms with van der Waals surface area (Å²) in [5.41, 5.74) is 7.57. The van der Waals surface area contributed by atoms with E-state index in [1.165, 1.54) is 7.11 Å². The summed E-state index contributed by atoms with van der Waals surface area (Å²) < 4.78 is 22.3. The van der Waals surface area contributed by atoms with E-state index in [-0.39, 0.29) is 42.3 Å². The number of aromatic nitrogens is 4. The molecule has 62 heavy (non-hydrogen) atoms. The molecule has 0 bridgehead atoms. The molecule has 320 valence electrons. The van der Waals surface area contributed by atoms with Crippen molar-refractivity contribution in [1.29, 1.82) is 0 Å². The Morgan fingerprint density at radius 1 is 0.935 bits per heavy atom. The molecule has 2 unspecified atom stereocenters. The number of hydrogen-bond acceptors (Lipinski definition) is 10. The first kappa shape index (κ1) is 40.0. The van der Waals surface area contributed by atoms with Crippen molar-refractivity contribution in [2.24, 2.45) is 11.8 Å². The van der Waals surface area contributed by atoms with Gasteiger partial charge in [0.15, 0.2) is 5.78 Å². The molecule has 10 rings (SSSR count). The van der Waals surface area contributed by atoms with E-state index in [0.717, 1.165) is 86.4 Å². The molecule has 2 saturated heterocycles. The second kappa shape index (κ2) is 16.3. The summed E-state index contributed by atoms with van der Waals surface area (Å²) in [5.74, 6) is 3.12. The van der Waals surface area contributed by atoms with Gasteiger partial charge >= 0.3 is 6.09 Å². The van der Waals surface area contributed by atoms with Crippen molar-refractivity contribution < 1.29 is 33.3 Å². The third kappa shape index (κ3) is 7.39. The second-order valence-corrected chi connectivity index (χ2v) is 17.3. The first-order valence-electron chi connectivity index (χ1n) is 21.5. The maximum atomic E-state index is 14.0. The van der Waals surface area contributed by atoms with Crippen molar-refractivity contribution >= 4 is 39.6 Å². The van der Waals surface area contributed by atoms with Crippen LogP contribution in [-0.4, -0.2) is 101 Å². The third-order valence-corrected chi connectivity index (χ3v) is 13.3. The van der Waals surface area contributed by atoms with E-state index in [1.807, 2.05) is 48.4 Å². The van der Waals surface area contributed by atoms with E-state index in [4.69, 9.17) is 28.9 Å². The van der Waals surface area contributed by atoms with Crippen LogP contribution in [-0.2, 0) is 30.4 Å². The number of carbonyl (C=O) groups excluding carboxylic acids is 3. The van der Waals surface area contributed by atoms with Crippen LogP contribution in [0.15, 0.2) is 79.0 Å². The largest absolute Gasteiger partial charge is 0.488 e. The zero-order valence-corrected chi connectivity index (χ0v) is 35.4. The number of H-pyrrole nitrogens is 2. The van der Waals surface area contributed by atoms with Crippen molar-refractivity contribution in [2.75, 3.05) is 41.0 Å². The van der Waals surface area contributed by atoms with Crippen molar-refractivity contribution in [3.05, 3.63) is 102 Å². The molecule has 6 aromatic rings. The fourth-order valence-electron chi connectivity index (χ4n) is 10.1. The van der Waals surface area contributed by atoms with Crippen LogP contribution in [0, 0.1) is 11.8 Å². The molecule has 1 saturated carbocycles. The summed E-state index contributed by atoms with van der Waals surface area (Å²) in [6.45, 7) is 3.64. The smallest absolute Gasteiger partial charge is 0.407 e. The summed E-state index contributed by atoms with van der Waals surface area (Å²) in [4.78, 5) is 60.9. The number of benzene rings is 4. The maximum Gasteiger partial charge on any atom is 0.407 e. The van der Waals surface area contributed by atoms with Crippen LogP contribution in [0.5, 0.6) is 5.75 Å². The van der Waals surface area contributed by atoms with Crippen LogP contribution in [0.4, 0.5) is 4.79 Å². The van der Waals surface area contributed by atoms with Crippen molar-refractivity contribution in [3.8, 4) is 28.1 Å². The molecule has 4 aromatic carbocycles. The van der Waals surface area contributed by atoms with E-state index < -0.39 is 12.1 Å². The van der Waals surface area contributed by atoms with Crippen molar-refractivity contribution in [1.82, 2.24) is 35.1 Å². The Kier molecular flexibility index (Phi) is 10.5. The minimum atomic E-state index is -0.862. The molecule has 0 radical (unpaired) electrons. The van der Waals surface area contributed by atoms with Gasteiger partial charge in [0.2, 0.25) is 5.91 Å². The summed E-state index contributed by atoms with van der Waals surface area (Å²) >= 11 is 0. The van der Waals surface area contributed by atoms with E-state index >= 15 is 0 Å². The summed E-state index contributed by atoms with van der Waals surface area (Å²) in [7, 11) is 4.63. The lowest BCUT2D eigenvalue weighted by molar-refractivity contribution is -0.135. The highest BCUT2D eigenvalue weighted by Gasteiger charge is 2.55. The molecule has 5 heterocycles. The first-order valence-corrected chi connectivity index (χ1v) is 21.5. The molecule has 14 nitrogen and oxygen atoms in total. The molecule has 2 aromatic heterocycles. The number of aromatic amines is 2. The number of ether oxygens (including phenoxy) is 4. The van der Waals surface area contributed by atoms with Crippen LogP contribution in [0.2, 0.25) is 0 Å². The van der Waals surface area contributed by atoms with E-state index in [0.29, 0.717) is 43.7 Å². The highest BCUT2D eigenvalue weighted by Crippen LogP contribution is 2.53. The van der Waals surface area contributed by atoms with Gasteiger partial charge < -0.3 is 39.1 Å². The molecule has 7 atom stereocenters. The molecular weight excluding hydrogens is 787 g/mol. The van der Waals surface area contributed by atoms with E-state index in [2.05, 4.69) is 62.6 Å². The number of methoxy groups -OCH3 is 3. The zero-order valence-electron chi connectivity index (χ0n) is 35.4. The fraction of sp³-hybridized carbons (Fsp3) is 0.396. The molecule has 0 spiro atoms. The quantitative estimate of drug-likeness (QED) is 0.107. The van der Waals surface area contributed by atoms with Gasteiger partial charge in [-0.15, -0.1) is 0 Å². The van der Waals surface area contributed by atoms with Crippen LogP contribution < -0.4 is 10.1 Å².